The lowest BCUT2D eigenvalue weighted by atomic mass is 10.1. The number of hydrogen-bond donors (Lipinski definition) is 0. The third kappa shape index (κ3) is 4.19. The fourth-order valence-electron chi connectivity index (χ4n) is 3.05. The van der Waals surface area contributed by atoms with Gasteiger partial charge in [-0.1, -0.05) is 53.6 Å². The first-order valence-corrected chi connectivity index (χ1v) is 9.11. The molecule has 2 aromatic carbocycles. The fraction of sp³-hybridized carbons (Fsp3) is 0.286. The highest BCUT2D eigenvalue weighted by Crippen LogP contribution is 2.31. The molecule has 2 aromatic rings. The van der Waals surface area contributed by atoms with Crippen LogP contribution >= 0.6 is 11.6 Å². The molecule has 0 bridgehead atoms. The lowest BCUT2D eigenvalue weighted by molar-refractivity contribution is -0.151. The molecule has 1 amide bonds. The molecular weight excluding hydrogens is 366 g/mol. The van der Waals surface area contributed by atoms with Gasteiger partial charge in [-0.3, -0.25) is 14.4 Å². The summed E-state index contributed by atoms with van der Waals surface area (Å²) in [7, 11) is 0. The van der Waals surface area contributed by atoms with Crippen LogP contribution < -0.4 is 4.90 Å². The van der Waals surface area contributed by atoms with Gasteiger partial charge in [0.25, 0.3) is 0 Å². The van der Waals surface area contributed by atoms with Crippen LogP contribution in [0, 0.1) is 12.8 Å². The van der Waals surface area contributed by atoms with Gasteiger partial charge in [0, 0.05) is 18.5 Å². The second-order valence-corrected chi connectivity index (χ2v) is 7.07. The summed E-state index contributed by atoms with van der Waals surface area (Å²) in [5.41, 5.74) is 2.10. The second-order valence-electron chi connectivity index (χ2n) is 6.67. The van der Waals surface area contributed by atoms with Gasteiger partial charge in [-0.2, -0.15) is 0 Å². The Morgan fingerprint density at radius 1 is 1.15 bits per heavy atom. The molecule has 0 N–H and O–H groups in total. The van der Waals surface area contributed by atoms with Crippen LogP contribution in [0.25, 0.3) is 0 Å². The molecule has 1 saturated heterocycles. The second kappa shape index (κ2) is 7.92. The van der Waals surface area contributed by atoms with E-state index < -0.39 is 18.0 Å². The van der Waals surface area contributed by atoms with Crippen molar-refractivity contribution in [2.75, 3.05) is 11.4 Å². The van der Waals surface area contributed by atoms with Crippen molar-refractivity contribution in [2.45, 2.75) is 26.4 Å². The number of ether oxygens (including phenoxy) is 1. The molecule has 2 atom stereocenters. The van der Waals surface area contributed by atoms with Gasteiger partial charge in [0.2, 0.25) is 11.7 Å². The lowest BCUT2D eigenvalue weighted by Gasteiger charge is -2.18. The monoisotopic (exact) mass is 385 g/mol. The lowest BCUT2D eigenvalue weighted by Crippen LogP contribution is -2.30. The van der Waals surface area contributed by atoms with Crippen molar-refractivity contribution in [1.29, 1.82) is 0 Å². The Bertz CT molecular complexity index is 878. The predicted molar refractivity (Wildman–Crippen MR) is 103 cm³/mol. The third-order valence-electron chi connectivity index (χ3n) is 4.60. The Morgan fingerprint density at radius 3 is 2.48 bits per heavy atom. The SMILES string of the molecule is Cc1ccc(C(=O)[C@H](C)OC(=O)[C@H]2CC(=O)N(c3ccccc3Cl)C2)cc1. The molecule has 140 valence electrons. The number of carbonyl (C=O) groups is 3. The molecular formula is C21H20ClNO4. The van der Waals surface area contributed by atoms with Gasteiger partial charge in [-0.05, 0) is 26.0 Å². The van der Waals surface area contributed by atoms with E-state index in [1.165, 1.54) is 4.90 Å². The molecule has 0 aliphatic carbocycles. The minimum Gasteiger partial charge on any atom is -0.454 e. The number of esters is 1. The van der Waals surface area contributed by atoms with Crippen molar-refractivity contribution in [3.63, 3.8) is 0 Å². The highest BCUT2D eigenvalue weighted by atomic mass is 35.5. The number of amides is 1. The zero-order chi connectivity index (χ0) is 19.6. The maximum atomic E-state index is 12.5. The van der Waals surface area contributed by atoms with Crippen LogP contribution in [0.5, 0.6) is 0 Å². The summed E-state index contributed by atoms with van der Waals surface area (Å²) < 4.78 is 5.34. The van der Waals surface area contributed by atoms with Gasteiger partial charge < -0.3 is 9.64 Å². The van der Waals surface area contributed by atoms with Crippen molar-refractivity contribution in [3.05, 3.63) is 64.7 Å². The molecule has 1 aliphatic rings. The van der Waals surface area contributed by atoms with E-state index in [4.69, 9.17) is 16.3 Å². The Balaban J connectivity index is 1.64. The molecule has 3 rings (SSSR count). The normalized spacial score (nSPS) is 17.7. The molecule has 6 heteroatoms. The van der Waals surface area contributed by atoms with Gasteiger partial charge in [-0.15, -0.1) is 0 Å². The summed E-state index contributed by atoms with van der Waals surface area (Å²) in [6.07, 6.45) is -0.875. The quantitative estimate of drug-likeness (QED) is 0.579. The molecule has 1 aliphatic heterocycles. The van der Waals surface area contributed by atoms with Crippen LogP contribution in [-0.2, 0) is 14.3 Å². The average molecular weight is 386 g/mol. The van der Waals surface area contributed by atoms with Crippen molar-refractivity contribution in [2.24, 2.45) is 5.92 Å². The molecule has 0 spiro atoms. The average Bonchev–Trinajstić information content (AvgIpc) is 3.04. The third-order valence-corrected chi connectivity index (χ3v) is 4.92. The first-order chi connectivity index (χ1) is 12.9. The number of halogens is 1. The zero-order valence-electron chi connectivity index (χ0n) is 15.1. The minimum absolute atomic E-state index is 0.0372. The standard InChI is InChI=1S/C21H20ClNO4/c1-13-7-9-15(10-8-13)20(25)14(2)27-21(26)16-11-19(24)23(12-16)18-6-4-3-5-17(18)22/h3-10,14,16H,11-12H2,1-2H3/t14-,16-/m0/s1. The number of rotatable bonds is 5. The summed E-state index contributed by atoms with van der Waals surface area (Å²) in [5.74, 6) is -1.63. The van der Waals surface area contributed by atoms with Crippen molar-refractivity contribution in [3.8, 4) is 0 Å². The first-order valence-electron chi connectivity index (χ1n) is 8.73. The van der Waals surface area contributed by atoms with Gasteiger partial charge >= 0.3 is 5.97 Å². The van der Waals surface area contributed by atoms with Crippen molar-refractivity contribution in [1.82, 2.24) is 0 Å². The Hall–Kier alpha value is -2.66. The maximum absolute atomic E-state index is 12.5. The highest BCUT2D eigenvalue weighted by molar-refractivity contribution is 6.33. The molecule has 1 heterocycles. The number of nitrogens with zero attached hydrogens (tertiary/aromatic N) is 1. The number of benzene rings is 2. The van der Waals surface area contributed by atoms with Gasteiger partial charge in [0.05, 0.1) is 16.6 Å². The van der Waals surface area contributed by atoms with E-state index in [1.807, 2.05) is 19.1 Å². The largest absolute Gasteiger partial charge is 0.454 e. The topological polar surface area (TPSA) is 63.7 Å². The molecule has 0 radical (unpaired) electrons. The molecule has 0 unspecified atom stereocenters. The van der Waals surface area contributed by atoms with E-state index in [0.29, 0.717) is 16.3 Å². The summed E-state index contributed by atoms with van der Waals surface area (Å²) in [5, 5.41) is 0.447. The summed E-state index contributed by atoms with van der Waals surface area (Å²) in [6, 6.07) is 14.1. The Morgan fingerprint density at radius 2 is 1.81 bits per heavy atom. The van der Waals surface area contributed by atoms with Crippen LogP contribution in [0.4, 0.5) is 5.69 Å². The van der Waals surface area contributed by atoms with Crippen LogP contribution in [0.15, 0.2) is 48.5 Å². The van der Waals surface area contributed by atoms with Crippen LogP contribution in [0.1, 0.15) is 29.3 Å². The first kappa shape index (κ1) is 19.1. The van der Waals surface area contributed by atoms with Crippen LogP contribution in [0.2, 0.25) is 5.02 Å². The number of Topliss-reactive ketones (excluding diaryl/α,β-unsaturated/α-hetero) is 1. The number of hydrogen-bond acceptors (Lipinski definition) is 4. The van der Waals surface area contributed by atoms with Crippen LogP contribution in [-0.4, -0.2) is 30.3 Å². The number of ketones is 1. The minimum atomic E-state index is -0.912. The summed E-state index contributed by atoms with van der Waals surface area (Å²) in [6.45, 7) is 3.66. The van der Waals surface area contributed by atoms with E-state index in [0.717, 1.165) is 5.56 Å². The van der Waals surface area contributed by atoms with Gasteiger partial charge in [0.1, 0.15) is 0 Å². The summed E-state index contributed by atoms with van der Waals surface area (Å²) >= 11 is 6.15. The fourth-order valence-corrected chi connectivity index (χ4v) is 3.28. The van der Waals surface area contributed by atoms with Gasteiger partial charge in [-0.25, -0.2) is 0 Å². The van der Waals surface area contributed by atoms with E-state index in [2.05, 4.69) is 0 Å². The molecule has 5 nitrogen and oxygen atoms in total. The zero-order valence-corrected chi connectivity index (χ0v) is 15.9. The number of anilines is 1. The van der Waals surface area contributed by atoms with E-state index >= 15 is 0 Å². The highest BCUT2D eigenvalue weighted by Gasteiger charge is 2.38. The van der Waals surface area contributed by atoms with Crippen molar-refractivity contribution >= 4 is 34.9 Å². The molecule has 0 aromatic heterocycles. The van der Waals surface area contributed by atoms with Gasteiger partial charge in [0.15, 0.2) is 6.10 Å². The predicted octanol–water partition coefficient (Wildman–Crippen LogP) is 3.82. The van der Waals surface area contributed by atoms with E-state index in [-0.39, 0.29) is 24.7 Å². The smallest absolute Gasteiger partial charge is 0.312 e. The maximum Gasteiger partial charge on any atom is 0.312 e. The summed E-state index contributed by atoms with van der Waals surface area (Å²) in [4.78, 5) is 38.7. The number of carbonyl (C=O) groups excluding carboxylic acids is 3. The molecule has 27 heavy (non-hydrogen) atoms. The Labute approximate surface area is 162 Å². The van der Waals surface area contributed by atoms with Crippen LogP contribution in [0.3, 0.4) is 0 Å². The van der Waals surface area contributed by atoms with E-state index in [9.17, 15) is 14.4 Å². The number of para-hydroxylation sites is 1. The molecule has 0 saturated carbocycles. The van der Waals surface area contributed by atoms with Crippen molar-refractivity contribution < 1.29 is 19.1 Å². The molecule has 1 fully saturated rings. The Kier molecular flexibility index (Phi) is 5.61. The number of aryl methyl sites for hydroxylation is 1. The van der Waals surface area contributed by atoms with E-state index in [1.54, 1.807) is 43.3 Å².